The number of nitrogens with zero attached hydrogens (tertiary/aromatic N) is 2. The molecule has 0 N–H and O–H groups in total. The van der Waals surface area contributed by atoms with E-state index in [9.17, 15) is 8.42 Å². The molecule has 0 radical (unpaired) electrons. The van der Waals surface area contributed by atoms with E-state index in [-0.39, 0.29) is 11.5 Å². The Morgan fingerprint density at radius 2 is 2.11 bits per heavy atom. The first kappa shape index (κ1) is 13.9. The van der Waals surface area contributed by atoms with Crippen molar-refractivity contribution in [2.24, 2.45) is 0 Å². The zero-order valence-electron chi connectivity index (χ0n) is 10.6. The molecule has 1 aliphatic carbocycles. The maximum Gasteiger partial charge on any atom is 0.151 e. The van der Waals surface area contributed by atoms with Gasteiger partial charge in [-0.05, 0) is 18.9 Å². The number of rotatable bonds is 5. The zero-order valence-corrected chi connectivity index (χ0v) is 12.2. The topological polar surface area (TPSA) is 52.0 Å². The van der Waals surface area contributed by atoms with Crippen LogP contribution in [0.25, 0.3) is 0 Å². The van der Waals surface area contributed by atoms with Gasteiger partial charge in [-0.2, -0.15) is 5.10 Å². The minimum absolute atomic E-state index is 0.106. The van der Waals surface area contributed by atoms with E-state index in [1.165, 1.54) is 25.7 Å². The van der Waals surface area contributed by atoms with Crippen molar-refractivity contribution in [2.45, 2.75) is 45.1 Å². The van der Waals surface area contributed by atoms with Crippen molar-refractivity contribution >= 4 is 21.4 Å². The average molecular weight is 291 g/mol. The summed E-state index contributed by atoms with van der Waals surface area (Å²) in [6, 6.07) is 1.89. The number of aryl methyl sites for hydroxylation is 1. The molecule has 1 heterocycles. The smallest absolute Gasteiger partial charge is 0.151 e. The molecule has 0 amide bonds. The van der Waals surface area contributed by atoms with E-state index < -0.39 is 9.84 Å². The van der Waals surface area contributed by atoms with E-state index in [4.69, 9.17) is 11.6 Å². The number of aromatic nitrogens is 2. The summed E-state index contributed by atoms with van der Waals surface area (Å²) in [4.78, 5) is 0. The van der Waals surface area contributed by atoms with Crippen LogP contribution in [0.4, 0.5) is 0 Å². The quantitative estimate of drug-likeness (QED) is 0.838. The van der Waals surface area contributed by atoms with Crippen LogP contribution in [0.5, 0.6) is 0 Å². The van der Waals surface area contributed by atoms with Crippen LogP contribution in [0.3, 0.4) is 0 Å². The monoisotopic (exact) mass is 290 g/mol. The second kappa shape index (κ2) is 5.61. The fourth-order valence-corrected chi connectivity index (χ4v) is 3.33. The van der Waals surface area contributed by atoms with Gasteiger partial charge in [0.25, 0.3) is 0 Å². The molecule has 0 atom stereocenters. The fraction of sp³-hybridized carbons (Fsp3) is 0.750. The first-order valence-corrected chi connectivity index (χ1v) is 8.65. The van der Waals surface area contributed by atoms with E-state index in [0.717, 1.165) is 5.69 Å². The molecule has 18 heavy (non-hydrogen) atoms. The van der Waals surface area contributed by atoms with E-state index in [2.05, 4.69) is 5.10 Å². The molecule has 0 unspecified atom stereocenters. The third-order valence-electron chi connectivity index (χ3n) is 3.58. The van der Waals surface area contributed by atoms with Gasteiger partial charge in [0.05, 0.1) is 18.0 Å². The Bertz CT molecular complexity index is 504. The average Bonchev–Trinajstić information content (AvgIpc) is 2.95. The van der Waals surface area contributed by atoms with Gasteiger partial charge in [-0.3, -0.25) is 4.68 Å². The molecule has 0 aliphatic heterocycles. The van der Waals surface area contributed by atoms with Crippen molar-refractivity contribution in [3.05, 3.63) is 16.9 Å². The maximum atomic E-state index is 11.5. The molecule has 0 bridgehead atoms. The largest absolute Gasteiger partial charge is 0.253 e. The highest BCUT2D eigenvalue weighted by Gasteiger charge is 2.21. The van der Waals surface area contributed by atoms with Crippen LogP contribution in [-0.2, 0) is 16.4 Å². The van der Waals surface area contributed by atoms with Gasteiger partial charge in [0, 0.05) is 11.7 Å². The number of hydrogen-bond acceptors (Lipinski definition) is 3. The minimum atomic E-state index is -2.96. The Balaban J connectivity index is 2.05. The number of hydrogen-bond donors (Lipinski definition) is 0. The summed E-state index contributed by atoms with van der Waals surface area (Å²) in [5.41, 5.74) is 1.02. The lowest BCUT2D eigenvalue weighted by Crippen LogP contribution is -2.15. The van der Waals surface area contributed by atoms with Crippen LogP contribution < -0.4 is 0 Å². The Morgan fingerprint density at radius 1 is 1.44 bits per heavy atom. The maximum absolute atomic E-state index is 11.5. The van der Waals surface area contributed by atoms with Crippen LogP contribution in [0.1, 0.15) is 44.2 Å². The highest BCUT2D eigenvalue weighted by atomic mass is 35.5. The van der Waals surface area contributed by atoms with E-state index in [1.807, 2.05) is 6.07 Å². The second-order valence-electron chi connectivity index (χ2n) is 4.83. The second-order valence-corrected chi connectivity index (χ2v) is 7.69. The standard InChI is InChI=1S/C12H19ClN2O2S/c1-2-18(16,17)8-7-15-12(13)9-11(14-15)10-5-3-4-6-10/h9-10H,2-8H2,1H3. The normalized spacial score (nSPS) is 17.4. The minimum Gasteiger partial charge on any atom is -0.253 e. The molecule has 1 aromatic heterocycles. The first-order chi connectivity index (χ1) is 8.52. The summed E-state index contributed by atoms with van der Waals surface area (Å²) in [6.07, 6.45) is 4.83. The molecule has 1 aromatic rings. The third kappa shape index (κ3) is 3.26. The molecule has 0 aromatic carbocycles. The van der Waals surface area contributed by atoms with Gasteiger partial charge in [-0.1, -0.05) is 31.4 Å². The fourth-order valence-electron chi connectivity index (χ4n) is 2.36. The van der Waals surface area contributed by atoms with Crippen LogP contribution >= 0.6 is 11.6 Å². The van der Waals surface area contributed by atoms with E-state index in [1.54, 1.807) is 11.6 Å². The lowest BCUT2D eigenvalue weighted by atomic mass is 10.1. The number of sulfone groups is 1. The van der Waals surface area contributed by atoms with Gasteiger partial charge in [0.15, 0.2) is 9.84 Å². The van der Waals surface area contributed by atoms with Crippen molar-refractivity contribution in [2.75, 3.05) is 11.5 Å². The van der Waals surface area contributed by atoms with Gasteiger partial charge < -0.3 is 0 Å². The lowest BCUT2D eigenvalue weighted by Gasteiger charge is -2.05. The summed E-state index contributed by atoms with van der Waals surface area (Å²) in [7, 11) is -2.96. The molecule has 2 rings (SSSR count). The molecule has 1 saturated carbocycles. The van der Waals surface area contributed by atoms with Crippen LogP contribution in [0.2, 0.25) is 5.15 Å². The molecule has 6 heteroatoms. The van der Waals surface area contributed by atoms with E-state index >= 15 is 0 Å². The first-order valence-electron chi connectivity index (χ1n) is 6.45. The predicted octanol–water partition coefficient (Wildman–Crippen LogP) is 2.63. The molecular formula is C12H19ClN2O2S. The molecule has 1 fully saturated rings. The summed E-state index contributed by atoms with van der Waals surface area (Å²) >= 11 is 6.10. The van der Waals surface area contributed by atoms with Gasteiger partial charge in [0.2, 0.25) is 0 Å². The molecule has 0 spiro atoms. The lowest BCUT2D eigenvalue weighted by molar-refractivity contribution is 0.575. The number of halogens is 1. The molecule has 0 saturated heterocycles. The Kier molecular flexibility index (Phi) is 4.33. The van der Waals surface area contributed by atoms with Crippen molar-refractivity contribution in [1.29, 1.82) is 0 Å². The SMILES string of the molecule is CCS(=O)(=O)CCn1nc(C2CCCC2)cc1Cl. The zero-order chi connectivity index (χ0) is 13.2. The summed E-state index contributed by atoms with van der Waals surface area (Å²) in [5.74, 6) is 0.780. The molecule has 102 valence electrons. The van der Waals surface area contributed by atoms with Crippen molar-refractivity contribution in [3.8, 4) is 0 Å². The van der Waals surface area contributed by atoms with Gasteiger partial charge in [-0.25, -0.2) is 8.42 Å². The van der Waals surface area contributed by atoms with E-state index in [0.29, 0.717) is 17.6 Å². The highest BCUT2D eigenvalue weighted by molar-refractivity contribution is 7.91. The summed E-state index contributed by atoms with van der Waals surface area (Å²) in [5, 5.41) is 4.99. The van der Waals surface area contributed by atoms with Crippen LogP contribution in [0.15, 0.2) is 6.07 Å². The highest BCUT2D eigenvalue weighted by Crippen LogP contribution is 2.34. The third-order valence-corrected chi connectivity index (χ3v) is 5.57. The summed E-state index contributed by atoms with van der Waals surface area (Å²) < 4.78 is 24.5. The molecule has 4 nitrogen and oxygen atoms in total. The molecular weight excluding hydrogens is 272 g/mol. The Morgan fingerprint density at radius 3 is 2.72 bits per heavy atom. The van der Waals surface area contributed by atoms with Crippen LogP contribution in [0, 0.1) is 0 Å². The predicted molar refractivity (Wildman–Crippen MR) is 72.8 cm³/mol. The van der Waals surface area contributed by atoms with Gasteiger partial charge in [-0.15, -0.1) is 0 Å². The van der Waals surface area contributed by atoms with Gasteiger partial charge >= 0.3 is 0 Å². The Labute approximate surface area is 113 Å². The van der Waals surface area contributed by atoms with Crippen molar-refractivity contribution in [1.82, 2.24) is 9.78 Å². The van der Waals surface area contributed by atoms with Crippen molar-refractivity contribution in [3.63, 3.8) is 0 Å². The molecule has 1 aliphatic rings. The Hall–Kier alpha value is -0.550. The van der Waals surface area contributed by atoms with Crippen molar-refractivity contribution < 1.29 is 8.42 Å². The van der Waals surface area contributed by atoms with Crippen LogP contribution in [-0.4, -0.2) is 29.7 Å². The summed E-state index contributed by atoms with van der Waals surface area (Å²) in [6.45, 7) is 2.01. The van der Waals surface area contributed by atoms with Gasteiger partial charge in [0.1, 0.15) is 5.15 Å².